The van der Waals surface area contributed by atoms with Gasteiger partial charge in [-0.05, 0) is 72.3 Å². The number of thiol groups is 1. The third kappa shape index (κ3) is 3.60. The molecular formula is C22H22O3S. The quantitative estimate of drug-likeness (QED) is 0.524. The molecule has 0 spiro atoms. The largest absolute Gasteiger partial charge is 0.459 e. The van der Waals surface area contributed by atoms with Gasteiger partial charge in [-0.3, -0.25) is 4.21 Å². The third-order valence-electron chi connectivity index (χ3n) is 4.05. The minimum atomic E-state index is -3.01. The topological polar surface area (TPSA) is 43.4 Å². The van der Waals surface area contributed by atoms with Gasteiger partial charge in [0.1, 0.15) is 0 Å². The molecule has 0 saturated carbocycles. The minimum absolute atomic E-state index is 0.179. The van der Waals surface area contributed by atoms with Crippen molar-refractivity contribution in [2.24, 2.45) is 0 Å². The monoisotopic (exact) mass is 366 g/mol. The molecule has 134 valence electrons. The van der Waals surface area contributed by atoms with Gasteiger partial charge in [0.05, 0.1) is 11.7 Å². The summed E-state index contributed by atoms with van der Waals surface area (Å²) in [7, 11) is -3.01. The standard InChI is InChI=1S/C22H22O3S/c1-17(2)25-22(23)18-13-15-21(16-14-18)26(24,19-9-5-3-6-10-19)20-11-7-4-8-12-20/h3-17,26H,1-2H3. The zero-order valence-corrected chi connectivity index (χ0v) is 15.7. The molecule has 0 amide bonds. The lowest BCUT2D eigenvalue weighted by atomic mass is 10.2. The Bertz CT molecular complexity index is 873. The summed E-state index contributed by atoms with van der Waals surface area (Å²) in [6.45, 7) is 3.62. The van der Waals surface area contributed by atoms with Gasteiger partial charge in [0.2, 0.25) is 0 Å². The molecule has 0 aliphatic carbocycles. The first-order valence-electron chi connectivity index (χ1n) is 8.54. The summed E-state index contributed by atoms with van der Waals surface area (Å²) >= 11 is 0. The van der Waals surface area contributed by atoms with Gasteiger partial charge in [-0.1, -0.05) is 36.4 Å². The van der Waals surface area contributed by atoms with Gasteiger partial charge in [-0.15, -0.1) is 0 Å². The number of ether oxygens (including phenoxy) is 1. The van der Waals surface area contributed by atoms with Crippen LogP contribution in [0.3, 0.4) is 0 Å². The first-order valence-corrected chi connectivity index (χ1v) is 10.3. The smallest absolute Gasteiger partial charge is 0.338 e. The van der Waals surface area contributed by atoms with Gasteiger partial charge >= 0.3 is 5.97 Å². The first-order chi connectivity index (χ1) is 12.5. The Morgan fingerprint density at radius 2 is 1.15 bits per heavy atom. The van der Waals surface area contributed by atoms with Crippen molar-refractivity contribution in [3.05, 3.63) is 90.5 Å². The van der Waals surface area contributed by atoms with Crippen LogP contribution in [0.5, 0.6) is 0 Å². The summed E-state index contributed by atoms with van der Waals surface area (Å²) in [5.74, 6) is -0.374. The highest BCUT2D eigenvalue weighted by atomic mass is 32.2. The van der Waals surface area contributed by atoms with Crippen LogP contribution in [0.4, 0.5) is 0 Å². The normalized spacial score (nSPS) is 12.0. The second-order valence-electron chi connectivity index (χ2n) is 6.28. The van der Waals surface area contributed by atoms with Crippen molar-refractivity contribution < 1.29 is 13.7 Å². The molecule has 0 aromatic heterocycles. The van der Waals surface area contributed by atoms with E-state index < -0.39 is 9.93 Å². The molecular weight excluding hydrogens is 344 g/mol. The van der Waals surface area contributed by atoms with E-state index in [-0.39, 0.29) is 12.1 Å². The molecule has 0 fully saturated rings. The van der Waals surface area contributed by atoms with E-state index in [4.69, 9.17) is 4.74 Å². The Kier molecular flexibility index (Phi) is 5.33. The molecule has 3 nitrogen and oxygen atoms in total. The van der Waals surface area contributed by atoms with Crippen molar-refractivity contribution in [3.8, 4) is 0 Å². The Morgan fingerprint density at radius 3 is 1.58 bits per heavy atom. The van der Waals surface area contributed by atoms with Gasteiger partial charge in [-0.25, -0.2) is 4.79 Å². The van der Waals surface area contributed by atoms with E-state index in [9.17, 15) is 9.00 Å². The van der Waals surface area contributed by atoms with E-state index >= 15 is 0 Å². The highest BCUT2D eigenvalue weighted by Crippen LogP contribution is 2.36. The fourth-order valence-corrected chi connectivity index (χ4v) is 5.46. The predicted molar refractivity (Wildman–Crippen MR) is 104 cm³/mol. The van der Waals surface area contributed by atoms with Crippen molar-refractivity contribution in [2.45, 2.75) is 34.6 Å². The second-order valence-corrected chi connectivity index (χ2v) is 9.05. The van der Waals surface area contributed by atoms with Gasteiger partial charge < -0.3 is 4.74 Å². The fraction of sp³-hybridized carbons (Fsp3) is 0.136. The minimum Gasteiger partial charge on any atom is -0.459 e. The maximum atomic E-state index is 14.2. The van der Waals surface area contributed by atoms with E-state index in [1.54, 1.807) is 24.3 Å². The molecule has 3 aromatic rings. The van der Waals surface area contributed by atoms with E-state index in [1.165, 1.54) is 0 Å². The van der Waals surface area contributed by atoms with E-state index in [0.717, 1.165) is 9.79 Å². The number of hydrogen-bond donors (Lipinski definition) is 1. The number of esters is 1. The van der Waals surface area contributed by atoms with Crippen LogP contribution in [0.15, 0.2) is 99.6 Å². The zero-order valence-electron chi connectivity index (χ0n) is 14.8. The lowest BCUT2D eigenvalue weighted by Crippen LogP contribution is -2.15. The van der Waals surface area contributed by atoms with Gasteiger partial charge in [0, 0.05) is 14.7 Å². The molecule has 0 aliphatic rings. The maximum absolute atomic E-state index is 14.2. The molecule has 0 bridgehead atoms. The molecule has 0 N–H and O–H groups in total. The van der Waals surface area contributed by atoms with Gasteiger partial charge in [0.25, 0.3) is 0 Å². The van der Waals surface area contributed by atoms with E-state index in [0.29, 0.717) is 10.5 Å². The zero-order chi connectivity index (χ0) is 18.6. The molecule has 3 aromatic carbocycles. The van der Waals surface area contributed by atoms with Crippen molar-refractivity contribution in [1.82, 2.24) is 0 Å². The molecule has 0 saturated heterocycles. The third-order valence-corrected chi connectivity index (χ3v) is 7.13. The average molecular weight is 366 g/mol. The van der Waals surface area contributed by atoms with Gasteiger partial charge in [0.15, 0.2) is 0 Å². The SMILES string of the molecule is CC(C)OC(=O)c1ccc([SH](=O)(c2ccccc2)c2ccccc2)cc1. The van der Waals surface area contributed by atoms with E-state index in [2.05, 4.69) is 0 Å². The molecule has 0 radical (unpaired) electrons. The van der Waals surface area contributed by atoms with Crippen molar-refractivity contribution in [1.29, 1.82) is 0 Å². The Morgan fingerprint density at radius 1 is 0.731 bits per heavy atom. The highest BCUT2D eigenvalue weighted by molar-refractivity contribution is 8.03. The second kappa shape index (κ2) is 7.67. The average Bonchev–Trinajstić information content (AvgIpc) is 2.68. The van der Waals surface area contributed by atoms with Crippen molar-refractivity contribution >= 4 is 15.9 Å². The number of benzene rings is 3. The Balaban J connectivity index is 2.07. The highest BCUT2D eigenvalue weighted by Gasteiger charge is 2.23. The number of carbonyl (C=O) groups is 1. The van der Waals surface area contributed by atoms with Crippen LogP contribution in [0.2, 0.25) is 0 Å². The molecule has 0 aliphatic heterocycles. The van der Waals surface area contributed by atoms with Crippen LogP contribution in [0, 0.1) is 0 Å². The summed E-state index contributed by atoms with van der Waals surface area (Å²) in [6.07, 6.45) is -0.179. The summed E-state index contributed by atoms with van der Waals surface area (Å²) in [6, 6.07) is 25.8. The van der Waals surface area contributed by atoms with Crippen molar-refractivity contribution in [3.63, 3.8) is 0 Å². The van der Waals surface area contributed by atoms with Crippen LogP contribution in [0.25, 0.3) is 0 Å². The predicted octanol–water partition coefficient (Wildman–Crippen LogP) is 4.75. The van der Waals surface area contributed by atoms with Crippen LogP contribution in [0.1, 0.15) is 24.2 Å². The van der Waals surface area contributed by atoms with Crippen LogP contribution in [-0.2, 0) is 14.7 Å². The summed E-state index contributed by atoms with van der Waals surface area (Å²) in [5.41, 5.74) is 0.454. The van der Waals surface area contributed by atoms with Crippen LogP contribution in [-0.4, -0.2) is 16.3 Å². The number of rotatable bonds is 5. The number of carbonyl (C=O) groups excluding carboxylic acids is 1. The molecule has 0 unspecified atom stereocenters. The van der Waals surface area contributed by atoms with Gasteiger partial charge in [-0.2, -0.15) is 0 Å². The van der Waals surface area contributed by atoms with Crippen LogP contribution >= 0.6 is 0 Å². The fourth-order valence-electron chi connectivity index (χ4n) is 2.81. The molecule has 0 atom stereocenters. The lowest BCUT2D eigenvalue weighted by Gasteiger charge is -2.25. The first kappa shape index (κ1) is 18.1. The van der Waals surface area contributed by atoms with Crippen molar-refractivity contribution in [2.75, 3.05) is 0 Å². The lowest BCUT2D eigenvalue weighted by molar-refractivity contribution is 0.0378. The number of hydrogen-bond acceptors (Lipinski definition) is 3. The summed E-state index contributed by atoms with van der Waals surface area (Å²) < 4.78 is 19.4. The van der Waals surface area contributed by atoms with Crippen LogP contribution < -0.4 is 0 Å². The molecule has 0 heterocycles. The molecule has 4 heteroatoms. The maximum Gasteiger partial charge on any atom is 0.338 e. The molecule has 26 heavy (non-hydrogen) atoms. The Hall–Kier alpha value is -2.72. The van der Waals surface area contributed by atoms with E-state index in [1.807, 2.05) is 74.5 Å². The Labute approximate surface area is 155 Å². The summed E-state index contributed by atoms with van der Waals surface area (Å²) in [5, 5.41) is 0. The summed E-state index contributed by atoms with van der Waals surface area (Å²) in [4.78, 5) is 14.3. The molecule has 3 rings (SSSR count).